The molecule has 8 heteroatoms. The zero-order chi connectivity index (χ0) is 19.3. The number of benzene rings is 1. The summed E-state index contributed by atoms with van der Waals surface area (Å²) in [7, 11) is 1.75. The summed E-state index contributed by atoms with van der Waals surface area (Å²) in [6.45, 7) is 0.602. The molecule has 1 N–H and O–H groups in total. The predicted molar refractivity (Wildman–Crippen MR) is 99.4 cm³/mol. The molecule has 0 atom stereocenters. The first-order valence-corrected chi connectivity index (χ1v) is 8.82. The van der Waals surface area contributed by atoms with Crippen LogP contribution in [0.15, 0.2) is 30.5 Å². The van der Waals surface area contributed by atoms with Gasteiger partial charge >= 0.3 is 5.97 Å². The number of halogens is 3. The second-order valence-electron chi connectivity index (χ2n) is 6.55. The van der Waals surface area contributed by atoms with E-state index in [0.717, 1.165) is 18.4 Å². The number of nitrogens with zero attached hydrogens (tertiary/aromatic N) is 3. The molecule has 1 aromatic carbocycles. The van der Waals surface area contributed by atoms with Gasteiger partial charge in [-0.3, -0.25) is 0 Å². The van der Waals surface area contributed by atoms with Gasteiger partial charge in [0.1, 0.15) is 16.9 Å². The summed E-state index contributed by atoms with van der Waals surface area (Å²) in [5.74, 6) is -0.532. The molecule has 5 nitrogen and oxygen atoms in total. The average molecular weight is 392 g/mol. The molecule has 3 heterocycles. The minimum absolute atomic E-state index is 0.0604. The second kappa shape index (κ2) is 6.49. The maximum absolute atomic E-state index is 13.3. The Morgan fingerprint density at radius 1 is 1.33 bits per heavy atom. The minimum atomic E-state index is -2.67. The molecular formula is C19H16ClF2N3O2. The second-order valence-corrected chi connectivity index (χ2v) is 6.96. The maximum Gasteiger partial charge on any atom is 0.339 e. The van der Waals surface area contributed by atoms with Gasteiger partial charge < -0.3 is 14.6 Å². The van der Waals surface area contributed by atoms with Crippen molar-refractivity contribution < 1.29 is 18.7 Å². The first-order chi connectivity index (χ1) is 12.9. The van der Waals surface area contributed by atoms with E-state index >= 15 is 0 Å². The monoisotopic (exact) mass is 391 g/mol. The fraction of sp³-hybridized carbons (Fsp3) is 0.263. The molecule has 0 saturated heterocycles. The summed E-state index contributed by atoms with van der Waals surface area (Å²) in [4.78, 5) is 17.9. The fourth-order valence-corrected chi connectivity index (χ4v) is 3.85. The van der Waals surface area contributed by atoms with Crippen LogP contribution in [0.5, 0.6) is 0 Å². The van der Waals surface area contributed by atoms with Crippen molar-refractivity contribution in [3.8, 4) is 0 Å². The van der Waals surface area contributed by atoms with Gasteiger partial charge in [-0.1, -0.05) is 11.6 Å². The maximum atomic E-state index is 13.3. The Labute approximate surface area is 158 Å². The molecule has 0 radical (unpaired) electrons. The standard InChI is InChI=1S/C19H16ClF2N3O2/c1-24-9-12(19(26)27)17-14(24)4-5-16(23-17)25-6-2-3-10-7-13(20)11(18(21)22)8-15(10)25/h4-5,7-9,18H,2-3,6H2,1H3,(H,26,27). The van der Waals surface area contributed by atoms with E-state index < -0.39 is 12.4 Å². The van der Waals surface area contributed by atoms with Crippen molar-refractivity contribution in [2.24, 2.45) is 7.05 Å². The Morgan fingerprint density at radius 2 is 2.11 bits per heavy atom. The van der Waals surface area contributed by atoms with Crippen molar-refractivity contribution in [3.63, 3.8) is 0 Å². The average Bonchev–Trinajstić information content (AvgIpc) is 2.96. The first-order valence-electron chi connectivity index (χ1n) is 8.44. The Hall–Kier alpha value is -2.67. The molecule has 140 valence electrons. The largest absolute Gasteiger partial charge is 0.478 e. The molecule has 27 heavy (non-hydrogen) atoms. The molecule has 4 rings (SSSR count). The SMILES string of the molecule is Cn1cc(C(=O)O)c2nc(N3CCCc4cc(Cl)c(C(F)F)cc43)ccc21. The number of aryl methyl sites for hydroxylation is 2. The lowest BCUT2D eigenvalue weighted by Gasteiger charge is -2.31. The van der Waals surface area contributed by atoms with E-state index in [1.54, 1.807) is 29.8 Å². The van der Waals surface area contributed by atoms with Gasteiger partial charge in [-0.05, 0) is 42.7 Å². The van der Waals surface area contributed by atoms with E-state index in [0.29, 0.717) is 29.1 Å². The highest BCUT2D eigenvalue weighted by atomic mass is 35.5. The molecule has 0 saturated carbocycles. The topological polar surface area (TPSA) is 58.4 Å². The number of hydrogen-bond acceptors (Lipinski definition) is 3. The minimum Gasteiger partial charge on any atom is -0.478 e. The molecule has 0 fully saturated rings. The molecule has 2 aromatic heterocycles. The molecule has 1 aliphatic rings. The van der Waals surface area contributed by atoms with E-state index in [2.05, 4.69) is 4.98 Å². The van der Waals surface area contributed by atoms with Gasteiger partial charge in [0.2, 0.25) is 0 Å². The highest BCUT2D eigenvalue weighted by molar-refractivity contribution is 6.31. The quantitative estimate of drug-likeness (QED) is 0.686. The zero-order valence-corrected chi connectivity index (χ0v) is 15.2. The number of alkyl halides is 2. The van der Waals surface area contributed by atoms with E-state index in [-0.39, 0.29) is 16.1 Å². The molecule has 0 bridgehead atoms. The summed E-state index contributed by atoms with van der Waals surface area (Å²) >= 11 is 6.00. The molecule has 0 unspecified atom stereocenters. The lowest BCUT2D eigenvalue weighted by atomic mass is 9.99. The number of carboxylic acids is 1. The highest BCUT2D eigenvalue weighted by Gasteiger charge is 2.25. The number of rotatable bonds is 3. The van der Waals surface area contributed by atoms with Crippen molar-refractivity contribution in [2.45, 2.75) is 19.3 Å². The Kier molecular flexibility index (Phi) is 4.26. The van der Waals surface area contributed by atoms with E-state index in [9.17, 15) is 18.7 Å². The zero-order valence-electron chi connectivity index (χ0n) is 14.4. The number of pyridine rings is 1. The Morgan fingerprint density at radius 3 is 2.81 bits per heavy atom. The van der Waals surface area contributed by atoms with Crippen LogP contribution in [0.3, 0.4) is 0 Å². The smallest absolute Gasteiger partial charge is 0.339 e. The van der Waals surface area contributed by atoms with Crippen molar-refractivity contribution in [3.05, 3.63) is 52.2 Å². The van der Waals surface area contributed by atoms with Crippen LogP contribution in [0.25, 0.3) is 11.0 Å². The third kappa shape index (κ3) is 2.92. The molecular weight excluding hydrogens is 376 g/mol. The summed E-state index contributed by atoms with van der Waals surface area (Å²) < 4.78 is 28.3. The number of anilines is 2. The van der Waals surface area contributed by atoms with Gasteiger partial charge in [-0.2, -0.15) is 0 Å². The summed E-state index contributed by atoms with van der Waals surface area (Å²) in [5, 5.41) is 9.48. The van der Waals surface area contributed by atoms with Crippen molar-refractivity contribution >= 4 is 40.1 Å². The van der Waals surface area contributed by atoms with E-state index in [1.807, 2.05) is 4.90 Å². The third-order valence-corrected chi connectivity index (χ3v) is 5.20. The molecule has 1 aliphatic heterocycles. The van der Waals surface area contributed by atoms with Gasteiger partial charge in [-0.15, -0.1) is 0 Å². The van der Waals surface area contributed by atoms with E-state index in [1.165, 1.54) is 12.3 Å². The van der Waals surface area contributed by atoms with Gasteiger partial charge in [-0.25, -0.2) is 18.6 Å². The van der Waals surface area contributed by atoms with Gasteiger partial charge in [0.25, 0.3) is 6.43 Å². The van der Waals surface area contributed by atoms with Crippen LogP contribution in [-0.2, 0) is 13.5 Å². The number of carboxylic acid groups (broad SMARTS) is 1. The molecule has 0 amide bonds. The van der Waals surface area contributed by atoms with Gasteiger partial charge in [0, 0.05) is 36.1 Å². The number of fused-ring (bicyclic) bond motifs is 2. The number of carbonyl (C=O) groups is 1. The lowest BCUT2D eigenvalue weighted by Crippen LogP contribution is -2.25. The van der Waals surface area contributed by atoms with Crippen LogP contribution in [-0.4, -0.2) is 27.2 Å². The van der Waals surface area contributed by atoms with Crippen LogP contribution in [0.1, 0.15) is 34.3 Å². The van der Waals surface area contributed by atoms with Crippen LogP contribution < -0.4 is 4.90 Å². The molecule has 0 aliphatic carbocycles. The van der Waals surface area contributed by atoms with E-state index in [4.69, 9.17) is 11.6 Å². The van der Waals surface area contributed by atoms with Crippen molar-refractivity contribution in [1.29, 1.82) is 0 Å². The van der Waals surface area contributed by atoms with Crippen LogP contribution in [0.2, 0.25) is 5.02 Å². The fourth-order valence-electron chi connectivity index (χ4n) is 3.58. The normalized spacial score (nSPS) is 14.0. The number of aromatic nitrogens is 2. The predicted octanol–water partition coefficient (Wildman–Crippen LogP) is 4.95. The third-order valence-electron chi connectivity index (χ3n) is 4.88. The van der Waals surface area contributed by atoms with Crippen LogP contribution in [0.4, 0.5) is 20.3 Å². The summed E-state index contributed by atoms with van der Waals surface area (Å²) in [6, 6.07) is 6.58. The number of hydrogen-bond donors (Lipinski definition) is 1. The van der Waals surface area contributed by atoms with Crippen LogP contribution >= 0.6 is 11.6 Å². The van der Waals surface area contributed by atoms with Crippen molar-refractivity contribution in [1.82, 2.24) is 9.55 Å². The van der Waals surface area contributed by atoms with Crippen molar-refractivity contribution in [2.75, 3.05) is 11.4 Å². The first kappa shape index (κ1) is 17.7. The molecule has 3 aromatic rings. The highest BCUT2D eigenvalue weighted by Crippen LogP contribution is 2.39. The molecule has 0 spiro atoms. The Bertz CT molecular complexity index is 1060. The van der Waals surface area contributed by atoms with Gasteiger partial charge in [0.15, 0.2) is 0 Å². The summed E-state index contributed by atoms with van der Waals surface area (Å²) in [6.07, 6.45) is 0.401. The number of aromatic carboxylic acids is 1. The van der Waals surface area contributed by atoms with Crippen LogP contribution in [0, 0.1) is 0 Å². The Balaban J connectivity index is 1.87. The summed E-state index contributed by atoms with van der Waals surface area (Å²) in [5.41, 5.74) is 2.48. The van der Waals surface area contributed by atoms with Gasteiger partial charge in [0.05, 0.1) is 5.52 Å². The lowest BCUT2D eigenvalue weighted by molar-refractivity contribution is 0.0698.